The standard InChI is InChI=1S/C15H13F2NO2/c1-9-7-11(16)4-5-13(9)18-15(19)10-3-6-14(20-2)12(17)8-10/h3-8H,1-2H3,(H,18,19). The molecule has 2 aromatic carbocycles. The zero-order valence-corrected chi connectivity index (χ0v) is 11.0. The minimum atomic E-state index is -0.615. The molecule has 104 valence electrons. The number of rotatable bonds is 3. The lowest BCUT2D eigenvalue weighted by atomic mass is 10.1. The van der Waals surface area contributed by atoms with Gasteiger partial charge in [0.25, 0.3) is 5.91 Å². The number of amides is 1. The van der Waals surface area contributed by atoms with Crippen LogP contribution in [0.5, 0.6) is 5.75 Å². The summed E-state index contributed by atoms with van der Waals surface area (Å²) in [6.45, 7) is 1.67. The molecule has 1 amide bonds. The second-order valence-corrected chi connectivity index (χ2v) is 4.26. The number of nitrogens with one attached hydrogen (secondary N) is 1. The van der Waals surface area contributed by atoms with E-state index in [1.165, 1.54) is 37.4 Å². The molecule has 0 saturated heterocycles. The molecule has 20 heavy (non-hydrogen) atoms. The van der Waals surface area contributed by atoms with Crippen molar-refractivity contribution in [1.29, 1.82) is 0 Å². The number of aryl methyl sites for hydroxylation is 1. The molecule has 0 atom stereocenters. The molecule has 0 aliphatic heterocycles. The number of methoxy groups -OCH3 is 1. The van der Waals surface area contributed by atoms with E-state index in [0.717, 1.165) is 6.07 Å². The Hall–Kier alpha value is -2.43. The second kappa shape index (κ2) is 5.69. The molecular weight excluding hydrogens is 264 g/mol. The van der Waals surface area contributed by atoms with E-state index in [1.807, 2.05) is 0 Å². The van der Waals surface area contributed by atoms with E-state index in [4.69, 9.17) is 4.74 Å². The van der Waals surface area contributed by atoms with E-state index in [-0.39, 0.29) is 17.1 Å². The zero-order valence-electron chi connectivity index (χ0n) is 11.0. The van der Waals surface area contributed by atoms with Crippen molar-refractivity contribution in [2.24, 2.45) is 0 Å². The zero-order chi connectivity index (χ0) is 14.7. The number of carbonyl (C=O) groups is 1. The quantitative estimate of drug-likeness (QED) is 0.932. The van der Waals surface area contributed by atoms with E-state index >= 15 is 0 Å². The summed E-state index contributed by atoms with van der Waals surface area (Å²) in [7, 11) is 1.35. The average Bonchev–Trinajstić information content (AvgIpc) is 2.41. The summed E-state index contributed by atoms with van der Waals surface area (Å²) in [6, 6.07) is 7.94. The third-order valence-corrected chi connectivity index (χ3v) is 2.85. The summed E-state index contributed by atoms with van der Waals surface area (Å²) in [6.07, 6.45) is 0. The van der Waals surface area contributed by atoms with Gasteiger partial charge in [-0.2, -0.15) is 0 Å². The fraction of sp³-hybridized carbons (Fsp3) is 0.133. The van der Waals surface area contributed by atoms with Gasteiger partial charge in [-0.25, -0.2) is 8.78 Å². The smallest absolute Gasteiger partial charge is 0.255 e. The summed E-state index contributed by atoms with van der Waals surface area (Å²) < 4.78 is 31.3. The van der Waals surface area contributed by atoms with E-state index in [1.54, 1.807) is 6.92 Å². The fourth-order valence-corrected chi connectivity index (χ4v) is 1.77. The molecule has 0 aliphatic carbocycles. The number of benzene rings is 2. The Kier molecular flexibility index (Phi) is 3.98. The van der Waals surface area contributed by atoms with Crippen LogP contribution in [0.3, 0.4) is 0 Å². The van der Waals surface area contributed by atoms with Gasteiger partial charge in [0.15, 0.2) is 11.6 Å². The Morgan fingerprint density at radius 2 is 1.90 bits per heavy atom. The van der Waals surface area contributed by atoms with E-state index in [9.17, 15) is 13.6 Å². The molecule has 5 heteroatoms. The van der Waals surface area contributed by atoms with E-state index < -0.39 is 11.7 Å². The number of carbonyl (C=O) groups excluding carboxylic acids is 1. The van der Waals surface area contributed by atoms with Crippen molar-refractivity contribution in [2.45, 2.75) is 6.92 Å². The normalized spacial score (nSPS) is 10.2. The molecular formula is C15H13F2NO2. The van der Waals surface area contributed by atoms with Gasteiger partial charge in [0.05, 0.1) is 7.11 Å². The maximum atomic E-state index is 13.5. The molecule has 1 N–H and O–H groups in total. The highest BCUT2D eigenvalue weighted by atomic mass is 19.1. The highest BCUT2D eigenvalue weighted by Gasteiger charge is 2.11. The number of anilines is 1. The van der Waals surface area contributed by atoms with Crippen molar-refractivity contribution in [3.63, 3.8) is 0 Å². The lowest BCUT2D eigenvalue weighted by Crippen LogP contribution is -2.13. The topological polar surface area (TPSA) is 38.3 Å². The molecule has 0 aliphatic rings. The third-order valence-electron chi connectivity index (χ3n) is 2.85. The Bertz CT molecular complexity index is 656. The Balaban J connectivity index is 2.21. The number of ether oxygens (including phenoxy) is 1. The Labute approximate surface area is 115 Å². The SMILES string of the molecule is COc1ccc(C(=O)Nc2ccc(F)cc2C)cc1F. The third kappa shape index (κ3) is 2.93. The number of hydrogen-bond acceptors (Lipinski definition) is 2. The second-order valence-electron chi connectivity index (χ2n) is 4.26. The highest BCUT2D eigenvalue weighted by molar-refractivity contribution is 6.04. The Morgan fingerprint density at radius 3 is 2.50 bits per heavy atom. The minimum absolute atomic E-state index is 0.0690. The molecule has 0 saturated carbocycles. The molecule has 3 nitrogen and oxygen atoms in total. The Morgan fingerprint density at radius 1 is 1.15 bits per heavy atom. The van der Waals surface area contributed by atoms with Crippen LogP contribution in [0, 0.1) is 18.6 Å². The molecule has 2 aromatic rings. The van der Waals surface area contributed by atoms with Gasteiger partial charge in [-0.3, -0.25) is 4.79 Å². The number of halogens is 2. The van der Waals surface area contributed by atoms with Gasteiger partial charge >= 0.3 is 0 Å². The van der Waals surface area contributed by atoms with Crippen molar-refractivity contribution in [3.05, 3.63) is 59.2 Å². The van der Waals surface area contributed by atoms with Crippen LogP contribution in [0.1, 0.15) is 15.9 Å². The van der Waals surface area contributed by atoms with Gasteiger partial charge in [0.2, 0.25) is 0 Å². The summed E-state index contributed by atoms with van der Waals surface area (Å²) >= 11 is 0. The fourth-order valence-electron chi connectivity index (χ4n) is 1.77. The first-order valence-corrected chi connectivity index (χ1v) is 5.92. The van der Waals surface area contributed by atoms with Crippen LogP contribution in [0.2, 0.25) is 0 Å². The van der Waals surface area contributed by atoms with Crippen molar-refractivity contribution in [2.75, 3.05) is 12.4 Å². The van der Waals surface area contributed by atoms with Gasteiger partial charge in [-0.15, -0.1) is 0 Å². The first-order chi connectivity index (χ1) is 9.51. The summed E-state index contributed by atoms with van der Waals surface area (Å²) in [4.78, 5) is 12.0. The van der Waals surface area contributed by atoms with Crippen LogP contribution in [0.4, 0.5) is 14.5 Å². The average molecular weight is 277 g/mol. The van der Waals surface area contributed by atoms with Crippen molar-refractivity contribution >= 4 is 11.6 Å². The van der Waals surface area contributed by atoms with Gasteiger partial charge < -0.3 is 10.1 Å². The van der Waals surface area contributed by atoms with Crippen LogP contribution in [0.25, 0.3) is 0 Å². The van der Waals surface area contributed by atoms with Gasteiger partial charge in [-0.05, 0) is 48.9 Å². The van der Waals surface area contributed by atoms with Crippen LogP contribution in [0.15, 0.2) is 36.4 Å². The molecule has 0 aromatic heterocycles. The first-order valence-electron chi connectivity index (χ1n) is 5.92. The van der Waals surface area contributed by atoms with Crippen molar-refractivity contribution in [1.82, 2.24) is 0 Å². The number of hydrogen-bond donors (Lipinski definition) is 1. The molecule has 2 rings (SSSR count). The summed E-state index contributed by atoms with van der Waals surface area (Å²) in [5.74, 6) is -1.40. The van der Waals surface area contributed by atoms with Crippen LogP contribution < -0.4 is 10.1 Å². The predicted molar refractivity (Wildman–Crippen MR) is 72.0 cm³/mol. The maximum Gasteiger partial charge on any atom is 0.255 e. The highest BCUT2D eigenvalue weighted by Crippen LogP contribution is 2.20. The molecule has 0 radical (unpaired) electrons. The molecule has 0 spiro atoms. The lowest BCUT2D eigenvalue weighted by Gasteiger charge is -2.09. The molecule has 0 heterocycles. The van der Waals surface area contributed by atoms with Crippen LogP contribution >= 0.6 is 0 Å². The first kappa shape index (κ1) is 14.0. The molecule has 0 bridgehead atoms. The monoisotopic (exact) mass is 277 g/mol. The summed E-state index contributed by atoms with van der Waals surface area (Å²) in [5.41, 5.74) is 1.23. The van der Waals surface area contributed by atoms with Gasteiger partial charge in [0, 0.05) is 11.3 Å². The van der Waals surface area contributed by atoms with Gasteiger partial charge in [-0.1, -0.05) is 0 Å². The van der Waals surface area contributed by atoms with Crippen molar-refractivity contribution in [3.8, 4) is 5.75 Å². The van der Waals surface area contributed by atoms with Crippen LogP contribution in [-0.4, -0.2) is 13.0 Å². The predicted octanol–water partition coefficient (Wildman–Crippen LogP) is 3.53. The largest absolute Gasteiger partial charge is 0.494 e. The molecule has 0 unspecified atom stereocenters. The van der Waals surface area contributed by atoms with E-state index in [2.05, 4.69) is 5.32 Å². The maximum absolute atomic E-state index is 13.5. The minimum Gasteiger partial charge on any atom is -0.494 e. The van der Waals surface area contributed by atoms with Gasteiger partial charge in [0.1, 0.15) is 5.82 Å². The van der Waals surface area contributed by atoms with Crippen LogP contribution in [-0.2, 0) is 0 Å². The molecule has 0 fully saturated rings. The lowest BCUT2D eigenvalue weighted by molar-refractivity contribution is 0.102. The summed E-state index contributed by atoms with van der Waals surface area (Å²) in [5, 5.41) is 2.61. The van der Waals surface area contributed by atoms with Crippen molar-refractivity contribution < 1.29 is 18.3 Å². The van der Waals surface area contributed by atoms with E-state index in [0.29, 0.717) is 11.3 Å².